The van der Waals surface area contributed by atoms with Gasteiger partial charge in [-0.3, -0.25) is 4.79 Å². The van der Waals surface area contributed by atoms with E-state index in [9.17, 15) is 9.59 Å². The molecule has 0 saturated heterocycles. The molecule has 1 N–H and O–H groups in total. The predicted octanol–water partition coefficient (Wildman–Crippen LogP) is 1.53. The molecule has 2 atom stereocenters. The number of carbonyl (C=O) groups is 2. The van der Waals surface area contributed by atoms with E-state index in [1.165, 1.54) is 7.11 Å². The van der Waals surface area contributed by atoms with Crippen molar-refractivity contribution in [1.82, 2.24) is 5.32 Å². The number of para-hydroxylation sites is 2. The van der Waals surface area contributed by atoms with Gasteiger partial charge < -0.3 is 19.5 Å². The van der Waals surface area contributed by atoms with E-state index in [1.807, 2.05) is 19.9 Å². The number of rotatable bonds is 5. The van der Waals surface area contributed by atoms with Gasteiger partial charge in [0.05, 0.1) is 7.11 Å². The predicted molar refractivity (Wildman–Crippen MR) is 79.8 cm³/mol. The van der Waals surface area contributed by atoms with Crippen LogP contribution in [0.15, 0.2) is 24.3 Å². The van der Waals surface area contributed by atoms with E-state index in [0.717, 1.165) is 0 Å². The number of fused-ring (bicyclic) bond motifs is 1. The molecule has 0 aromatic heterocycles. The Bertz CT molecular complexity index is 543. The van der Waals surface area contributed by atoms with Crippen molar-refractivity contribution in [3.05, 3.63) is 24.3 Å². The maximum Gasteiger partial charge on any atom is 0.328 e. The minimum atomic E-state index is -0.783. The number of hydrogen-bond donors (Lipinski definition) is 1. The lowest BCUT2D eigenvalue weighted by Crippen LogP contribution is -2.50. The zero-order valence-corrected chi connectivity index (χ0v) is 13.0. The highest BCUT2D eigenvalue weighted by molar-refractivity contribution is 5.87. The summed E-state index contributed by atoms with van der Waals surface area (Å²) in [5, 5.41) is 2.68. The van der Waals surface area contributed by atoms with Crippen LogP contribution in [0.5, 0.6) is 11.5 Å². The van der Waals surface area contributed by atoms with Gasteiger partial charge in [-0.2, -0.15) is 0 Å². The number of nitrogens with one attached hydrogen (secondary N) is 1. The second-order valence-corrected chi connectivity index (χ2v) is 5.58. The molecule has 0 spiro atoms. The summed E-state index contributed by atoms with van der Waals surface area (Å²) in [4.78, 5) is 24.1. The van der Waals surface area contributed by atoms with Gasteiger partial charge in [-0.15, -0.1) is 0 Å². The third-order valence-electron chi connectivity index (χ3n) is 3.31. The first-order chi connectivity index (χ1) is 10.5. The van der Waals surface area contributed by atoms with Crippen LogP contribution in [-0.4, -0.2) is 37.7 Å². The molecule has 2 rings (SSSR count). The second kappa shape index (κ2) is 7.15. The topological polar surface area (TPSA) is 73.9 Å². The smallest absolute Gasteiger partial charge is 0.328 e. The van der Waals surface area contributed by atoms with Crippen LogP contribution >= 0.6 is 0 Å². The summed E-state index contributed by atoms with van der Waals surface area (Å²) in [5.74, 6) is 0.531. The van der Waals surface area contributed by atoms with Gasteiger partial charge in [-0.1, -0.05) is 26.0 Å². The molecule has 1 aliphatic rings. The molecule has 1 amide bonds. The van der Waals surface area contributed by atoms with Crippen LogP contribution in [0.1, 0.15) is 20.3 Å². The maximum atomic E-state index is 12.3. The summed E-state index contributed by atoms with van der Waals surface area (Å²) < 4.78 is 15.9. The van der Waals surface area contributed by atoms with Gasteiger partial charge >= 0.3 is 5.97 Å². The minimum absolute atomic E-state index is 0.110. The van der Waals surface area contributed by atoms with Crippen molar-refractivity contribution in [3.8, 4) is 11.5 Å². The summed E-state index contributed by atoms with van der Waals surface area (Å²) in [5.41, 5.74) is 0. The van der Waals surface area contributed by atoms with Gasteiger partial charge in [-0.05, 0) is 24.5 Å². The molecule has 1 aromatic rings. The Labute approximate surface area is 129 Å². The van der Waals surface area contributed by atoms with E-state index in [1.54, 1.807) is 18.2 Å². The Morgan fingerprint density at radius 2 is 2.00 bits per heavy atom. The second-order valence-electron chi connectivity index (χ2n) is 5.58. The highest BCUT2D eigenvalue weighted by Gasteiger charge is 2.31. The molecule has 0 fully saturated rings. The lowest BCUT2D eigenvalue weighted by atomic mass is 10.0. The van der Waals surface area contributed by atoms with Crippen molar-refractivity contribution in [1.29, 1.82) is 0 Å². The standard InChI is InChI=1S/C16H21NO5/c1-10(2)8-11(16(19)20-3)17-15(18)14-9-21-12-6-4-5-7-13(12)22-14/h4-7,10-11,14H,8-9H2,1-3H3,(H,17,18)/t11-,14-/m0/s1. The Morgan fingerprint density at radius 1 is 1.32 bits per heavy atom. The lowest BCUT2D eigenvalue weighted by Gasteiger charge is -2.27. The third kappa shape index (κ3) is 3.90. The molecule has 0 radical (unpaired) electrons. The third-order valence-corrected chi connectivity index (χ3v) is 3.31. The molecule has 6 heteroatoms. The van der Waals surface area contributed by atoms with E-state index < -0.39 is 18.1 Å². The normalized spacial score (nSPS) is 17.7. The van der Waals surface area contributed by atoms with E-state index in [2.05, 4.69) is 5.32 Å². The average Bonchev–Trinajstić information content (AvgIpc) is 2.52. The monoisotopic (exact) mass is 307 g/mol. The summed E-state index contributed by atoms with van der Waals surface area (Å²) in [6.45, 7) is 4.05. The number of esters is 1. The summed E-state index contributed by atoms with van der Waals surface area (Å²) in [6.07, 6.45) is -0.281. The van der Waals surface area contributed by atoms with Gasteiger partial charge in [0.25, 0.3) is 5.91 Å². The molecule has 1 aliphatic heterocycles. The van der Waals surface area contributed by atoms with Crippen molar-refractivity contribution in [3.63, 3.8) is 0 Å². The molecule has 1 aromatic carbocycles. The highest BCUT2D eigenvalue weighted by atomic mass is 16.6. The van der Waals surface area contributed by atoms with Gasteiger partial charge in [0.15, 0.2) is 11.5 Å². The minimum Gasteiger partial charge on any atom is -0.485 e. The first-order valence-corrected chi connectivity index (χ1v) is 7.28. The molecule has 0 aliphatic carbocycles. The van der Waals surface area contributed by atoms with E-state index in [4.69, 9.17) is 14.2 Å². The molecule has 1 heterocycles. The van der Waals surface area contributed by atoms with Crippen molar-refractivity contribution in [2.45, 2.75) is 32.4 Å². The maximum absolute atomic E-state index is 12.3. The number of carbonyl (C=O) groups excluding carboxylic acids is 2. The molecule has 22 heavy (non-hydrogen) atoms. The van der Waals surface area contributed by atoms with Crippen molar-refractivity contribution in [2.75, 3.05) is 13.7 Å². The van der Waals surface area contributed by atoms with Crippen LogP contribution in [0, 0.1) is 5.92 Å². The summed E-state index contributed by atoms with van der Waals surface area (Å²) in [7, 11) is 1.30. The zero-order valence-electron chi connectivity index (χ0n) is 13.0. The van der Waals surface area contributed by atoms with Crippen LogP contribution in [0.2, 0.25) is 0 Å². The first-order valence-electron chi connectivity index (χ1n) is 7.28. The number of ether oxygens (including phenoxy) is 3. The zero-order chi connectivity index (χ0) is 16.1. The van der Waals surface area contributed by atoms with Gasteiger partial charge in [-0.25, -0.2) is 4.79 Å². The quantitative estimate of drug-likeness (QED) is 0.835. The van der Waals surface area contributed by atoms with Gasteiger partial charge in [0.2, 0.25) is 6.10 Å². The number of amides is 1. The Hall–Kier alpha value is -2.24. The number of methoxy groups -OCH3 is 1. The Kier molecular flexibility index (Phi) is 5.25. The van der Waals surface area contributed by atoms with E-state index in [-0.39, 0.29) is 18.4 Å². The highest BCUT2D eigenvalue weighted by Crippen LogP contribution is 2.30. The molecular weight excluding hydrogens is 286 g/mol. The lowest BCUT2D eigenvalue weighted by molar-refractivity contribution is -0.147. The fourth-order valence-corrected chi connectivity index (χ4v) is 2.24. The number of hydrogen-bond acceptors (Lipinski definition) is 5. The fraction of sp³-hybridized carbons (Fsp3) is 0.500. The summed E-state index contributed by atoms with van der Waals surface area (Å²) >= 11 is 0. The molecule has 0 saturated carbocycles. The summed E-state index contributed by atoms with van der Waals surface area (Å²) in [6, 6.07) is 6.47. The molecular formula is C16H21NO5. The van der Waals surface area contributed by atoms with Crippen LogP contribution in [-0.2, 0) is 14.3 Å². The number of benzene rings is 1. The molecule has 0 unspecified atom stereocenters. The van der Waals surface area contributed by atoms with E-state index in [0.29, 0.717) is 17.9 Å². The molecule has 0 bridgehead atoms. The largest absolute Gasteiger partial charge is 0.485 e. The van der Waals surface area contributed by atoms with Gasteiger partial charge in [0, 0.05) is 0 Å². The van der Waals surface area contributed by atoms with Crippen LogP contribution in [0.4, 0.5) is 0 Å². The first kappa shape index (κ1) is 16.1. The molecule has 120 valence electrons. The SMILES string of the molecule is COC(=O)[C@H](CC(C)C)NC(=O)[C@@H]1COc2ccccc2O1. The van der Waals surface area contributed by atoms with Crippen molar-refractivity contribution in [2.24, 2.45) is 5.92 Å². The van der Waals surface area contributed by atoms with Gasteiger partial charge in [0.1, 0.15) is 12.6 Å². The Morgan fingerprint density at radius 3 is 2.64 bits per heavy atom. The average molecular weight is 307 g/mol. The Balaban J connectivity index is 2.00. The van der Waals surface area contributed by atoms with Crippen molar-refractivity contribution < 1.29 is 23.8 Å². The fourth-order valence-electron chi connectivity index (χ4n) is 2.24. The van der Waals surface area contributed by atoms with Crippen LogP contribution in [0.25, 0.3) is 0 Å². The van der Waals surface area contributed by atoms with E-state index >= 15 is 0 Å². The van der Waals surface area contributed by atoms with Crippen LogP contribution in [0.3, 0.4) is 0 Å². The molecule has 6 nitrogen and oxygen atoms in total. The van der Waals surface area contributed by atoms with Crippen LogP contribution < -0.4 is 14.8 Å². The van der Waals surface area contributed by atoms with Crippen molar-refractivity contribution >= 4 is 11.9 Å².